The Kier molecular flexibility index (Phi) is 6.90. The molecule has 7 heteroatoms. The van der Waals surface area contributed by atoms with E-state index >= 15 is 0 Å². The lowest BCUT2D eigenvalue weighted by atomic mass is 10.2. The topological polar surface area (TPSA) is 50.4 Å². The molecule has 0 aliphatic rings. The normalized spacial score (nSPS) is 13.1. The van der Waals surface area contributed by atoms with Crippen molar-refractivity contribution in [3.8, 4) is 0 Å². The predicted octanol–water partition coefficient (Wildman–Crippen LogP) is 2.72. The zero-order chi connectivity index (χ0) is 17.5. The third-order valence-corrected chi connectivity index (χ3v) is 4.21. The van der Waals surface area contributed by atoms with Gasteiger partial charge < -0.3 is 14.8 Å². The molecule has 1 N–H and O–H groups in total. The highest BCUT2D eigenvalue weighted by Crippen LogP contribution is 2.15. The van der Waals surface area contributed by atoms with Gasteiger partial charge in [-0.25, -0.2) is 0 Å². The Labute approximate surface area is 152 Å². The number of guanidine groups is 1. The van der Waals surface area contributed by atoms with Crippen molar-refractivity contribution in [3.05, 3.63) is 40.9 Å². The first-order valence-corrected chi connectivity index (χ1v) is 9.06. The number of aryl methyl sites for hydroxylation is 1. The minimum Gasteiger partial charge on any atom is -0.357 e. The summed E-state index contributed by atoms with van der Waals surface area (Å²) in [4.78, 5) is 6.95. The molecule has 24 heavy (non-hydrogen) atoms. The van der Waals surface area contributed by atoms with Gasteiger partial charge in [-0.3, -0.25) is 9.67 Å². The van der Waals surface area contributed by atoms with E-state index in [9.17, 15) is 0 Å². The summed E-state index contributed by atoms with van der Waals surface area (Å²) in [6, 6.07) is 4.09. The molecule has 1 atom stereocenters. The Morgan fingerprint density at radius 1 is 1.50 bits per heavy atom. The van der Waals surface area contributed by atoms with Crippen LogP contribution < -0.4 is 5.32 Å². The molecule has 2 rings (SSSR count). The first kappa shape index (κ1) is 18.6. The number of hydrogen-bond donors (Lipinski definition) is 1. The third kappa shape index (κ3) is 5.40. The first-order chi connectivity index (χ1) is 11.5. The van der Waals surface area contributed by atoms with Crippen molar-refractivity contribution < 1.29 is 0 Å². The molecule has 0 aliphatic carbocycles. The maximum atomic E-state index is 4.80. The molecule has 0 saturated carbocycles. The van der Waals surface area contributed by atoms with E-state index in [0.29, 0.717) is 5.92 Å². The summed E-state index contributed by atoms with van der Waals surface area (Å²) in [5, 5.41) is 7.63. The van der Waals surface area contributed by atoms with Crippen LogP contribution in [-0.2, 0) is 20.1 Å². The summed E-state index contributed by atoms with van der Waals surface area (Å²) in [5.74, 6) is 1.36. The van der Waals surface area contributed by atoms with Gasteiger partial charge >= 0.3 is 0 Å². The maximum Gasteiger partial charge on any atom is 0.194 e. The Balaban J connectivity index is 1.97. The van der Waals surface area contributed by atoms with E-state index in [4.69, 9.17) is 4.99 Å². The van der Waals surface area contributed by atoms with Crippen LogP contribution in [-0.4, -0.2) is 45.3 Å². The Morgan fingerprint density at radius 2 is 2.29 bits per heavy atom. The van der Waals surface area contributed by atoms with E-state index in [2.05, 4.69) is 76.0 Å². The number of hydrogen-bond acceptors (Lipinski definition) is 2. The summed E-state index contributed by atoms with van der Waals surface area (Å²) >= 11 is 3.53. The molecule has 2 aromatic rings. The van der Waals surface area contributed by atoms with Gasteiger partial charge in [0.15, 0.2) is 5.96 Å². The lowest BCUT2D eigenvalue weighted by Crippen LogP contribution is -2.39. The van der Waals surface area contributed by atoms with Crippen LogP contribution in [0.5, 0.6) is 0 Å². The number of nitrogens with zero attached hydrogens (tertiary/aromatic N) is 5. The van der Waals surface area contributed by atoms with Gasteiger partial charge in [-0.2, -0.15) is 5.10 Å². The van der Waals surface area contributed by atoms with Crippen LogP contribution in [0, 0.1) is 5.92 Å². The second-order valence-corrected chi connectivity index (χ2v) is 7.06. The number of aliphatic imine (C=N–C) groups is 1. The second-order valence-electron chi connectivity index (χ2n) is 6.14. The van der Waals surface area contributed by atoms with E-state index in [1.807, 2.05) is 23.1 Å². The average molecular weight is 395 g/mol. The van der Waals surface area contributed by atoms with E-state index in [1.54, 1.807) is 0 Å². The highest BCUT2D eigenvalue weighted by atomic mass is 79.9. The van der Waals surface area contributed by atoms with Gasteiger partial charge in [0.2, 0.25) is 0 Å². The molecule has 0 radical (unpaired) electrons. The Hall–Kier alpha value is -1.76. The minimum absolute atomic E-state index is 0.427. The van der Waals surface area contributed by atoms with Crippen LogP contribution in [0.15, 0.2) is 40.2 Å². The zero-order valence-electron chi connectivity index (χ0n) is 14.9. The van der Waals surface area contributed by atoms with Crippen molar-refractivity contribution in [2.45, 2.75) is 26.9 Å². The molecule has 0 spiro atoms. The molecule has 0 bridgehead atoms. The summed E-state index contributed by atoms with van der Waals surface area (Å²) in [6.07, 6.45) is 5.87. The van der Waals surface area contributed by atoms with Crippen molar-refractivity contribution in [3.63, 3.8) is 0 Å². The zero-order valence-corrected chi connectivity index (χ0v) is 16.5. The monoisotopic (exact) mass is 394 g/mol. The van der Waals surface area contributed by atoms with Gasteiger partial charge in [0, 0.05) is 62.5 Å². The van der Waals surface area contributed by atoms with Crippen molar-refractivity contribution in [2.75, 3.05) is 20.1 Å². The quantitative estimate of drug-likeness (QED) is 0.580. The molecule has 132 valence electrons. The molecule has 2 aromatic heterocycles. The van der Waals surface area contributed by atoms with Crippen molar-refractivity contribution in [1.29, 1.82) is 0 Å². The van der Waals surface area contributed by atoms with Crippen LogP contribution in [0.4, 0.5) is 0 Å². The summed E-state index contributed by atoms with van der Waals surface area (Å²) in [5.41, 5.74) is 1.24. The Morgan fingerprint density at radius 3 is 2.88 bits per heavy atom. The molecule has 0 amide bonds. The molecule has 2 heterocycles. The van der Waals surface area contributed by atoms with Crippen molar-refractivity contribution in [2.24, 2.45) is 18.0 Å². The van der Waals surface area contributed by atoms with E-state index in [-0.39, 0.29) is 0 Å². The molecular formula is C17H27BrN6. The smallest absolute Gasteiger partial charge is 0.194 e. The van der Waals surface area contributed by atoms with E-state index < -0.39 is 0 Å². The summed E-state index contributed by atoms with van der Waals surface area (Å²) in [6.45, 7) is 7.60. The molecule has 6 nitrogen and oxygen atoms in total. The van der Waals surface area contributed by atoms with Crippen LogP contribution in [0.2, 0.25) is 0 Å². The maximum absolute atomic E-state index is 4.80. The summed E-state index contributed by atoms with van der Waals surface area (Å²) < 4.78 is 5.19. The van der Waals surface area contributed by atoms with Gasteiger partial charge in [0.25, 0.3) is 0 Å². The van der Waals surface area contributed by atoms with Gasteiger partial charge in [0.1, 0.15) is 0 Å². The summed E-state index contributed by atoms with van der Waals surface area (Å²) in [7, 11) is 4.13. The van der Waals surface area contributed by atoms with Gasteiger partial charge in [-0.15, -0.1) is 0 Å². The number of aromatic nitrogens is 3. The number of rotatable bonds is 7. The van der Waals surface area contributed by atoms with E-state index in [1.165, 1.54) is 5.69 Å². The lowest BCUT2D eigenvalue weighted by molar-refractivity contribution is 0.439. The molecule has 1 unspecified atom stereocenters. The van der Waals surface area contributed by atoms with Crippen LogP contribution in [0.1, 0.15) is 19.5 Å². The fourth-order valence-electron chi connectivity index (χ4n) is 2.54. The SMILES string of the molecule is CCNC(=NCC(C)Cn1cccn1)N(C)Cc1cc(Br)cn1C. The predicted molar refractivity (Wildman–Crippen MR) is 102 cm³/mol. The van der Waals surface area contributed by atoms with Crippen molar-refractivity contribution in [1.82, 2.24) is 24.6 Å². The van der Waals surface area contributed by atoms with Crippen LogP contribution >= 0.6 is 15.9 Å². The van der Waals surface area contributed by atoms with Crippen LogP contribution in [0.3, 0.4) is 0 Å². The molecule has 0 aromatic carbocycles. The molecular weight excluding hydrogens is 368 g/mol. The first-order valence-electron chi connectivity index (χ1n) is 8.27. The lowest BCUT2D eigenvalue weighted by Gasteiger charge is -2.23. The largest absolute Gasteiger partial charge is 0.357 e. The highest BCUT2D eigenvalue weighted by Gasteiger charge is 2.10. The minimum atomic E-state index is 0.427. The Bertz CT molecular complexity index is 646. The second kappa shape index (κ2) is 8.92. The fraction of sp³-hybridized carbons (Fsp3) is 0.529. The highest BCUT2D eigenvalue weighted by molar-refractivity contribution is 9.10. The molecule has 0 aliphatic heterocycles. The standard InChI is InChI=1S/C17H27BrN6/c1-5-19-17(20-10-14(2)11-24-8-6-7-21-24)23(4)13-16-9-15(18)12-22(16)3/h6-9,12,14H,5,10-11,13H2,1-4H3,(H,19,20). The molecule has 0 fully saturated rings. The van der Waals surface area contributed by atoms with Gasteiger partial charge in [-0.1, -0.05) is 6.92 Å². The van der Waals surface area contributed by atoms with Crippen molar-refractivity contribution >= 4 is 21.9 Å². The average Bonchev–Trinajstić information content (AvgIpc) is 3.13. The van der Waals surface area contributed by atoms with Gasteiger partial charge in [0.05, 0.1) is 6.54 Å². The molecule has 0 saturated heterocycles. The fourth-order valence-corrected chi connectivity index (χ4v) is 3.11. The van der Waals surface area contributed by atoms with Gasteiger partial charge in [-0.05, 0) is 40.9 Å². The van der Waals surface area contributed by atoms with Crippen LogP contribution in [0.25, 0.3) is 0 Å². The third-order valence-electron chi connectivity index (χ3n) is 3.78. The number of halogens is 1. The number of nitrogens with one attached hydrogen (secondary N) is 1. The van der Waals surface area contributed by atoms with E-state index in [0.717, 1.165) is 36.6 Å².